The number of piperidine rings is 1. The zero-order chi connectivity index (χ0) is 16.7. The average Bonchev–Trinajstić information content (AvgIpc) is 2.56. The average molecular weight is 360 g/mol. The number of rotatable bonds is 6. The van der Waals surface area contributed by atoms with Crippen molar-refractivity contribution in [3.05, 3.63) is 0 Å². The van der Waals surface area contributed by atoms with E-state index in [2.05, 4.69) is 10.6 Å². The summed E-state index contributed by atoms with van der Waals surface area (Å²) >= 11 is 0. The molecule has 2 fully saturated rings. The highest BCUT2D eigenvalue weighted by Crippen LogP contribution is 2.24. The lowest BCUT2D eigenvalue weighted by Crippen LogP contribution is -2.44. The lowest BCUT2D eigenvalue weighted by molar-refractivity contribution is -0.133. The van der Waals surface area contributed by atoms with E-state index < -0.39 is 0 Å². The van der Waals surface area contributed by atoms with Crippen LogP contribution in [0.1, 0.15) is 58.3 Å². The smallest absolute Gasteiger partial charge is 0.224 e. The minimum absolute atomic E-state index is 0. The molecule has 1 saturated heterocycles. The van der Waals surface area contributed by atoms with E-state index in [1.54, 1.807) is 0 Å². The van der Waals surface area contributed by atoms with Crippen LogP contribution in [-0.2, 0) is 9.59 Å². The molecule has 2 N–H and O–H groups in total. The van der Waals surface area contributed by atoms with Crippen molar-refractivity contribution in [1.29, 1.82) is 0 Å². The monoisotopic (exact) mass is 359 g/mol. The third-order valence-electron chi connectivity index (χ3n) is 5.31. The highest BCUT2D eigenvalue weighted by Gasteiger charge is 2.26. The van der Waals surface area contributed by atoms with E-state index in [0.717, 1.165) is 58.2 Å². The van der Waals surface area contributed by atoms with Crippen LogP contribution in [0.5, 0.6) is 0 Å². The summed E-state index contributed by atoms with van der Waals surface area (Å²) in [6, 6.07) is -0.0630. The van der Waals surface area contributed by atoms with Gasteiger partial charge >= 0.3 is 0 Å². The molecule has 0 radical (unpaired) electrons. The topological polar surface area (TPSA) is 61.4 Å². The Bertz CT molecular complexity index is 392. The van der Waals surface area contributed by atoms with E-state index in [-0.39, 0.29) is 36.2 Å². The number of carbonyl (C=O) groups is 2. The fourth-order valence-corrected chi connectivity index (χ4v) is 3.84. The van der Waals surface area contributed by atoms with E-state index in [1.807, 2.05) is 18.9 Å². The Morgan fingerprint density at radius 1 is 1.08 bits per heavy atom. The lowest BCUT2D eigenvalue weighted by Gasteiger charge is -2.33. The van der Waals surface area contributed by atoms with Crippen LogP contribution < -0.4 is 10.6 Å². The molecule has 0 spiro atoms. The molecule has 2 rings (SSSR count). The molecule has 1 heterocycles. The molecule has 2 amide bonds. The Morgan fingerprint density at radius 2 is 1.71 bits per heavy atom. The molecule has 0 bridgehead atoms. The standard InChI is InChI=1S/C18H33N3O2.ClH/c1-14(20-18(23)16-6-4-3-5-7-16)12-17(22)21-10-8-15(9-11-21)13-19-2;/h14-16,19H,3-13H2,1-2H3,(H,20,23);1H. The minimum Gasteiger partial charge on any atom is -0.353 e. The Labute approximate surface area is 152 Å². The van der Waals surface area contributed by atoms with Crippen molar-refractivity contribution in [2.45, 2.75) is 64.3 Å². The van der Waals surface area contributed by atoms with Crippen molar-refractivity contribution in [2.75, 3.05) is 26.7 Å². The zero-order valence-corrected chi connectivity index (χ0v) is 16.0. The van der Waals surface area contributed by atoms with Gasteiger partial charge in [-0.1, -0.05) is 19.3 Å². The number of likely N-dealkylation sites (tertiary alicyclic amines) is 1. The minimum atomic E-state index is -0.0630. The molecule has 24 heavy (non-hydrogen) atoms. The normalized spacial score (nSPS) is 21.0. The van der Waals surface area contributed by atoms with Gasteiger partial charge in [0.25, 0.3) is 0 Å². The van der Waals surface area contributed by atoms with E-state index in [1.165, 1.54) is 6.42 Å². The first-order chi connectivity index (χ1) is 11.1. The summed E-state index contributed by atoms with van der Waals surface area (Å²) < 4.78 is 0. The predicted molar refractivity (Wildman–Crippen MR) is 99.3 cm³/mol. The third kappa shape index (κ3) is 6.60. The second-order valence-corrected chi connectivity index (χ2v) is 7.33. The molecule has 0 aromatic carbocycles. The summed E-state index contributed by atoms with van der Waals surface area (Å²) in [6.07, 6.45) is 8.16. The summed E-state index contributed by atoms with van der Waals surface area (Å²) in [5, 5.41) is 6.27. The molecule has 1 aliphatic heterocycles. The van der Waals surface area contributed by atoms with Crippen molar-refractivity contribution in [3.63, 3.8) is 0 Å². The maximum absolute atomic E-state index is 12.4. The second kappa shape index (κ2) is 10.9. The molecule has 140 valence electrons. The Kier molecular flexibility index (Phi) is 9.67. The molecule has 1 saturated carbocycles. The first kappa shape index (κ1) is 21.2. The number of carbonyl (C=O) groups excluding carboxylic acids is 2. The van der Waals surface area contributed by atoms with Gasteiger partial charge in [0.1, 0.15) is 0 Å². The number of hydrogen-bond donors (Lipinski definition) is 2. The van der Waals surface area contributed by atoms with Gasteiger partial charge in [0.05, 0.1) is 0 Å². The van der Waals surface area contributed by atoms with Gasteiger partial charge in [-0.3, -0.25) is 9.59 Å². The van der Waals surface area contributed by atoms with Crippen molar-refractivity contribution in [3.8, 4) is 0 Å². The summed E-state index contributed by atoms with van der Waals surface area (Å²) in [5.74, 6) is 1.19. The molecule has 0 aromatic heterocycles. The maximum Gasteiger partial charge on any atom is 0.224 e. The van der Waals surface area contributed by atoms with Crippen molar-refractivity contribution < 1.29 is 9.59 Å². The van der Waals surface area contributed by atoms with Gasteiger partial charge in [-0.15, -0.1) is 12.4 Å². The molecule has 0 aromatic rings. The van der Waals surface area contributed by atoms with Gasteiger partial charge in [0, 0.05) is 31.5 Å². The lowest BCUT2D eigenvalue weighted by atomic mass is 9.88. The first-order valence-corrected chi connectivity index (χ1v) is 9.33. The number of halogens is 1. The number of hydrogen-bond acceptors (Lipinski definition) is 3. The summed E-state index contributed by atoms with van der Waals surface area (Å²) in [5.41, 5.74) is 0. The maximum atomic E-state index is 12.4. The molecule has 5 nitrogen and oxygen atoms in total. The van der Waals surface area contributed by atoms with Crippen molar-refractivity contribution in [2.24, 2.45) is 11.8 Å². The van der Waals surface area contributed by atoms with Crippen LogP contribution in [0.25, 0.3) is 0 Å². The molecular formula is C18H34ClN3O2. The SMILES string of the molecule is CNCC1CCN(C(=O)CC(C)NC(=O)C2CCCCC2)CC1.Cl. The van der Waals surface area contributed by atoms with Crippen LogP contribution in [0.15, 0.2) is 0 Å². The highest BCUT2D eigenvalue weighted by atomic mass is 35.5. The molecule has 6 heteroatoms. The largest absolute Gasteiger partial charge is 0.353 e. The van der Waals surface area contributed by atoms with Crippen LogP contribution in [-0.4, -0.2) is 49.4 Å². The Balaban J connectivity index is 0.00000288. The van der Waals surface area contributed by atoms with Crippen LogP contribution in [0, 0.1) is 11.8 Å². The number of amides is 2. The molecule has 1 unspecified atom stereocenters. The molecular weight excluding hydrogens is 326 g/mol. The van der Waals surface area contributed by atoms with Gasteiger partial charge in [-0.05, 0) is 52.1 Å². The zero-order valence-electron chi connectivity index (χ0n) is 15.2. The highest BCUT2D eigenvalue weighted by molar-refractivity contribution is 5.85. The predicted octanol–water partition coefficient (Wildman–Crippen LogP) is 2.34. The van der Waals surface area contributed by atoms with Crippen molar-refractivity contribution in [1.82, 2.24) is 15.5 Å². The first-order valence-electron chi connectivity index (χ1n) is 9.33. The fraction of sp³-hybridized carbons (Fsp3) is 0.889. The van der Waals surface area contributed by atoms with Crippen LogP contribution >= 0.6 is 12.4 Å². The summed E-state index contributed by atoms with van der Waals surface area (Å²) in [6.45, 7) is 4.70. The van der Waals surface area contributed by atoms with Gasteiger partial charge in [0.15, 0.2) is 0 Å². The van der Waals surface area contributed by atoms with Crippen LogP contribution in [0.2, 0.25) is 0 Å². The van der Waals surface area contributed by atoms with Gasteiger partial charge in [0.2, 0.25) is 11.8 Å². The van der Waals surface area contributed by atoms with Crippen LogP contribution in [0.4, 0.5) is 0 Å². The van der Waals surface area contributed by atoms with Crippen LogP contribution in [0.3, 0.4) is 0 Å². The number of nitrogens with zero attached hydrogens (tertiary/aromatic N) is 1. The van der Waals surface area contributed by atoms with E-state index in [9.17, 15) is 9.59 Å². The summed E-state index contributed by atoms with van der Waals surface area (Å²) in [4.78, 5) is 26.6. The van der Waals surface area contributed by atoms with Gasteiger partial charge in [-0.25, -0.2) is 0 Å². The van der Waals surface area contributed by atoms with E-state index in [4.69, 9.17) is 0 Å². The van der Waals surface area contributed by atoms with E-state index >= 15 is 0 Å². The quantitative estimate of drug-likeness (QED) is 0.765. The van der Waals surface area contributed by atoms with Crippen molar-refractivity contribution >= 4 is 24.2 Å². The van der Waals surface area contributed by atoms with E-state index in [0.29, 0.717) is 12.3 Å². The van der Waals surface area contributed by atoms with Gasteiger partial charge < -0.3 is 15.5 Å². The second-order valence-electron chi connectivity index (χ2n) is 7.33. The third-order valence-corrected chi connectivity index (χ3v) is 5.31. The summed E-state index contributed by atoms with van der Waals surface area (Å²) in [7, 11) is 1.98. The Morgan fingerprint density at radius 3 is 2.29 bits per heavy atom. The number of nitrogens with one attached hydrogen (secondary N) is 2. The molecule has 1 atom stereocenters. The van der Waals surface area contributed by atoms with Gasteiger partial charge in [-0.2, -0.15) is 0 Å². The molecule has 1 aliphatic carbocycles. The fourth-order valence-electron chi connectivity index (χ4n) is 3.84. The Hall–Kier alpha value is -0.810. The molecule has 2 aliphatic rings.